The Morgan fingerprint density at radius 2 is 2.15 bits per heavy atom. The molecule has 0 bridgehead atoms. The fraction of sp³-hybridized carbons (Fsp3) is 0.125. The van der Waals surface area contributed by atoms with Crippen molar-refractivity contribution in [2.24, 2.45) is 0 Å². The number of amides is 1. The molecule has 20 heavy (non-hydrogen) atoms. The number of nitrogens with one attached hydrogen (secondary N) is 2. The fourth-order valence-electron chi connectivity index (χ4n) is 2.27. The lowest BCUT2D eigenvalue weighted by Crippen LogP contribution is -2.26. The number of hydrogen-bond acceptors (Lipinski definition) is 2. The maximum Gasteiger partial charge on any atom is 0.252 e. The first-order valence-corrected chi connectivity index (χ1v) is 6.52. The first-order chi connectivity index (χ1) is 9.75. The highest BCUT2D eigenvalue weighted by molar-refractivity contribution is 6.06. The smallest absolute Gasteiger partial charge is 0.252 e. The van der Waals surface area contributed by atoms with Crippen LogP contribution in [0.5, 0.6) is 0 Å². The Labute approximate surface area is 116 Å². The van der Waals surface area contributed by atoms with Gasteiger partial charge in [-0.05, 0) is 36.8 Å². The van der Waals surface area contributed by atoms with Crippen molar-refractivity contribution in [1.29, 1.82) is 0 Å². The van der Waals surface area contributed by atoms with Gasteiger partial charge in [0.05, 0.1) is 6.04 Å². The quantitative estimate of drug-likeness (QED) is 0.764. The molecule has 0 aliphatic carbocycles. The number of nitrogens with zero attached hydrogens (tertiary/aromatic N) is 1. The van der Waals surface area contributed by atoms with Crippen molar-refractivity contribution >= 4 is 16.8 Å². The SMILES string of the molecule is CC(NC(=O)c1cccc2[nH]ccc12)c1cccnc1. The van der Waals surface area contributed by atoms with Crippen molar-refractivity contribution in [2.75, 3.05) is 0 Å². The minimum atomic E-state index is -0.0783. The zero-order valence-corrected chi connectivity index (χ0v) is 11.1. The largest absolute Gasteiger partial charge is 0.361 e. The van der Waals surface area contributed by atoms with Crippen molar-refractivity contribution in [2.45, 2.75) is 13.0 Å². The van der Waals surface area contributed by atoms with Gasteiger partial charge in [-0.15, -0.1) is 0 Å². The van der Waals surface area contributed by atoms with Crippen molar-refractivity contribution < 1.29 is 4.79 Å². The molecule has 4 nitrogen and oxygen atoms in total. The number of rotatable bonds is 3. The van der Waals surface area contributed by atoms with Crippen LogP contribution in [0.15, 0.2) is 55.0 Å². The lowest BCUT2D eigenvalue weighted by atomic mass is 10.1. The van der Waals surface area contributed by atoms with Crippen LogP contribution in [-0.4, -0.2) is 15.9 Å². The maximum atomic E-state index is 12.4. The number of aromatic nitrogens is 2. The van der Waals surface area contributed by atoms with Gasteiger partial charge in [0, 0.05) is 35.1 Å². The Morgan fingerprint density at radius 1 is 1.25 bits per heavy atom. The standard InChI is InChI=1S/C16H15N3O/c1-11(12-4-3-8-17-10-12)19-16(20)14-5-2-6-15-13(14)7-9-18-15/h2-11,18H,1H3,(H,19,20). The second-order valence-electron chi connectivity index (χ2n) is 4.73. The molecule has 3 aromatic rings. The second-order valence-corrected chi connectivity index (χ2v) is 4.73. The Balaban J connectivity index is 1.85. The highest BCUT2D eigenvalue weighted by atomic mass is 16.1. The number of aromatic amines is 1. The van der Waals surface area contributed by atoms with Gasteiger partial charge in [-0.25, -0.2) is 0 Å². The van der Waals surface area contributed by atoms with E-state index in [0.29, 0.717) is 5.56 Å². The summed E-state index contributed by atoms with van der Waals surface area (Å²) in [6, 6.07) is 11.3. The zero-order valence-electron chi connectivity index (χ0n) is 11.1. The molecule has 2 aromatic heterocycles. The van der Waals surface area contributed by atoms with E-state index >= 15 is 0 Å². The van der Waals surface area contributed by atoms with E-state index in [2.05, 4.69) is 15.3 Å². The lowest BCUT2D eigenvalue weighted by Gasteiger charge is -2.14. The van der Waals surface area contributed by atoms with Crippen molar-refractivity contribution in [1.82, 2.24) is 15.3 Å². The highest BCUT2D eigenvalue weighted by Gasteiger charge is 2.14. The summed E-state index contributed by atoms with van der Waals surface area (Å²) in [7, 11) is 0. The first-order valence-electron chi connectivity index (χ1n) is 6.52. The number of H-pyrrole nitrogens is 1. The molecule has 2 heterocycles. The monoisotopic (exact) mass is 265 g/mol. The van der Waals surface area contributed by atoms with Crippen LogP contribution in [0.1, 0.15) is 28.9 Å². The third kappa shape index (κ3) is 2.28. The van der Waals surface area contributed by atoms with E-state index in [-0.39, 0.29) is 11.9 Å². The van der Waals surface area contributed by atoms with Crippen LogP contribution in [0.25, 0.3) is 10.9 Å². The van der Waals surface area contributed by atoms with E-state index in [4.69, 9.17) is 0 Å². The van der Waals surface area contributed by atoms with Gasteiger partial charge < -0.3 is 10.3 Å². The topological polar surface area (TPSA) is 57.8 Å². The third-order valence-corrected chi connectivity index (χ3v) is 3.37. The van der Waals surface area contributed by atoms with Crippen LogP contribution >= 0.6 is 0 Å². The average molecular weight is 265 g/mol. The lowest BCUT2D eigenvalue weighted by molar-refractivity contribution is 0.0941. The summed E-state index contributed by atoms with van der Waals surface area (Å²) in [6.07, 6.45) is 5.33. The average Bonchev–Trinajstić information content (AvgIpc) is 2.96. The van der Waals surface area contributed by atoms with Crippen molar-refractivity contribution in [3.8, 4) is 0 Å². The molecule has 0 saturated carbocycles. The summed E-state index contributed by atoms with van der Waals surface area (Å²) < 4.78 is 0. The van der Waals surface area contributed by atoms with E-state index < -0.39 is 0 Å². The van der Waals surface area contributed by atoms with Gasteiger partial charge in [0.2, 0.25) is 0 Å². The number of pyridine rings is 1. The van der Waals surface area contributed by atoms with Crippen molar-refractivity contribution in [3.63, 3.8) is 0 Å². The van der Waals surface area contributed by atoms with Crippen LogP contribution in [0, 0.1) is 0 Å². The van der Waals surface area contributed by atoms with Gasteiger partial charge in [-0.2, -0.15) is 0 Å². The number of benzene rings is 1. The van der Waals surface area contributed by atoms with E-state index in [9.17, 15) is 4.79 Å². The van der Waals surface area contributed by atoms with E-state index in [1.807, 2.05) is 49.5 Å². The van der Waals surface area contributed by atoms with Gasteiger partial charge in [-0.1, -0.05) is 12.1 Å². The molecule has 0 fully saturated rings. The van der Waals surface area contributed by atoms with Crippen LogP contribution in [-0.2, 0) is 0 Å². The fourth-order valence-corrected chi connectivity index (χ4v) is 2.27. The molecule has 4 heteroatoms. The molecular weight excluding hydrogens is 250 g/mol. The third-order valence-electron chi connectivity index (χ3n) is 3.37. The number of carbonyl (C=O) groups excluding carboxylic acids is 1. The Bertz CT molecular complexity index is 734. The van der Waals surface area contributed by atoms with Crippen LogP contribution < -0.4 is 5.32 Å². The predicted molar refractivity (Wildman–Crippen MR) is 78.4 cm³/mol. The van der Waals surface area contributed by atoms with Gasteiger partial charge in [0.25, 0.3) is 5.91 Å². The van der Waals surface area contributed by atoms with Crippen LogP contribution in [0.2, 0.25) is 0 Å². The first kappa shape index (κ1) is 12.4. The van der Waals surface area contributed by atoms with Crippen molar-refractivity contribution in [3.05, 3.63) is 66.1 Å². The summed E-state index contributed by atoms with van der Waals surface area (Å²) in [5, 5.41) is 3.94. The molecule has 0 saturated heterocycles. The molecule has 100 valence electrons. The molecule has 1 unspecified atom stereocenters. The molecule has 3 rings (SSSR count). The summed E-state index contributed by atoms with van der Waals surface area (Å²) in [4.78, 5) is 19.6. The molecular formula is C16H15N3O. The Kier molecular flexibility index (Phi) is 3.21. The van der Waals surface area contributed by atoms with Gasteiger partial charge in [0.1, 0.15) is 0 Å². The molecule has 0 aliphatic rings. The minimum Gasteiger partial charge on any atom is -0.361 e. The summed E-state index contributed by atoms with van der Waals surface area (Å²) in [5.41, 5.74) is 2.63. The molecule has 0 spiro atoms. The summed E-state index contributed by atoms with van der Waals surface area (Å²) >= 11 is 0. The highest BCUT2D eigenvalue weighted by Crippen LogP contribution is 2.18. The van der Waals surface area contributed by atoms with Gasteiger partial charge in [0.15, 0.2) is 0 Å². The van der Waals surface area contributed by atoms with E-state index in [0.717, 1.165) is 16.5 Å². The Hall–Kier alpha value is -2.62. The maximum absolute atomic E-state index is 12.4. The van der Waals surface area contributed by atoms with Crippen LogP contribution in [0.4, 0.5) is 0 Å². The molecule has 1 atom stereocenters. The van der Waals surface area contributed by atoms with Gasteiger partial charge >= 0.3 is 0 Å². The normalized spacial score (nSPS) is 12.2. The van der Waals surface area contributed by atoms with Gasteiger partial charge in [-0.3, -0.25) is 9.78 Å². The summed E-state index contributed by atoms with van der Waals surface area (Å²) in [5.74, 6) is -0.0773. The molecule has 0 radical (unpaired) electrons. The number of fused-ring (bicyclic) bond motifs is 1. The minimum absolute atomic E-state index is 0.0773. The second kappa shape index (κ2) is 5.17. The molecule has 2 N–H and O–H groups in total. The molecule has 0 aliphatic heterocycles. The molecule has 1 amide bonds. The number of hydrogen-bond donors (Lipinski definition) is 2. The summed E-state index contributed by atoms with van der Waals surface area (Å²) in [6.45, 7) is 1.95. The molecule has 1 aromatic carbocycles. The predicted octanol–water partition coefficient (Wildman–Crippen LogP) is 3.05. The Morgan fingerprint density at radius 3 is 2.95 bits per heavy atom. The number of carbonyl (C=O) groups is 1. The zero-order chi connectivity index (χ0) is 13.9. The van der Waals surface area contributed by atoms with E-state index in [1.54, 1.807) is 12.4 Å². The van der Waals surface area contributed by atoms with E-state index in [1.165, 1.54) is 0 Å². The van der Waals surface area contributed by atoms with Crippen LogP contribution in [0.3, 0.4) is 0 Å².